The molecule has 1 rings (SSSR count). The van der Waals surface area contributed by atoms with Crippen molar-refractivity contribution in [2.45, 2.75) is 60.3 Å². The summed E-state index contributed by atoms with van der Waals surface area (Å²) in [4.78, 5) is 25.9. The number of aryl methyl sites for hydroxylation is 1. The van der Waals surface area contributed by atoms with Crippen LogP contribution in [0.3, 0.4) is 0 Å². The van der Waals surface area contributed by atoms with Crippen LogP contribution in [0.2, 0.25) is 0 Å². The molecular weight excluding hydrogens is 288 g/mol. The average Bonchev–Trinajstić information content (AvgIpc) is 2.53. The summed E-state index contributed by atoms with van der Waals surface area (Å²) in [5.74, 6) is 1.56. The summed E-state index contributed by atoms with van der Waals surface area (Å²) in [7, 11) is 0. The monoisotopic (exact) mass is 320 g/mol. The summed E-state index contributed by atoms with van der Waals surface area (Å²) < 4.78 is 0. The van der Waals surface area contributed by atoms with Crippen LogP contribution in [0.4, 0.5) is 5.82 Å². The van der Waals surface area contributed by atoms with E-state index in [-0.39, 0.29) is 5.91 Å². The Labute approximate surface area is 141 Å². The zero-order valence-corrected chi connectivity index (χ0v) is 15.4. The molecule has 130 valence electrons. The van der Waals surface area contributed by atoms with Gasteiger partial charge < -0.3 is 9.80 Å². The smallest absolute Gasteiger partial charge is 0.272 e. The molecule has 1 aromatic rings. The van der Waals surface area contributed by atoms with Crippen molar-refractivity contribution >= 4 is 11.7 Å². The average molecular weight is 320 g/mol. The molecule has 1 amide bonds. The Hall–Kier alpha value is -1.65. The van der Waals surface area contributed by atoms with Gasteiger partial charge in [0.25, 0.3) is 5.91 Å². The van der Waals surface area contributed by atoms with Gasteiger partial charge in [-0.3, -0.25) is 4.79 Å². The molecule has 0 atom stereocenters. The van der Waals surface area contributed by atoms with Crippen molar-refractivity contribution < 1.29 is 4.79 Å². The van der Waals surface area contributed by atoms with Crippen LogP contribution >= 0.6 is 0 Å². The first-order valence-electron chi connectivity index (χ1n) is 8.97. The number of aromatic nitrogens is 2. The highest BCUT2D eigenvalue weighted by Crippen LogP contribution is 2.15. The second-order valence-electron chi connectivity index (χ2n) is 5.94. The minimum atomic E-state index is 0.0217. The normalized spacial score (nSPS) is 10.7. The van der Waals surface area contributed by atoms with Crippen LogP contribution in [0.1, 0.15) is 69.7 Å². The zero-order valence-electron chi connectivity index (χ0n) is 15.4. The maximum absolute atomic E-state index is 12.8. The van der Waals surface area contributed by atoms with Crippen molar-refractivity contribution in [3.8, 4) is 0 Å². The minimum Gasteiger partial charge on any atom is -0.357 e. The fourth-order valence-electron chi connectivity index (χ4n) is 2.72. The molecule has 1 heterocycles. The fourth-order valence-corrected chi connectivity index (χ4v) is 2.72. The predicted molar refractivity (Wildman–Crippen MR) is 96.0 cm³/mol. The molecule has 5 nitrogen and oxygen atoms in total. The van der Waals surface area contributed by atoms with Gasteiger partial charge in [-0.2, -0.15) is 0 Å². The van der Waals surface area contributed by atoms with Crippen LogP contribution in [0.15, 0.2) is 6.07 Å². The summed E-state index contributed by atoms with van der Waals surface area (Å²) in [5, 5.41) is 0. The van der Waals surface area contributed by atoms with Crippen LogP contribution < -0.4 is 4.90 Å². The Morgan fingerprint density at radius 1 is 0.913 bits per heavy atom. The second-order valence-corrected chi connectivity index (χ2v) is 5.94. The van der Waals surface area contributed by atoms with Crippen LogP contribution in [-0.2, 0) is 0 Å². The molecule has 0 saturated heterocycles. The number of anilines is 1. The summed E-state index contributed by atoms with van der Waals surface area (Å²) >= 11 is 0. The Morgan fingerprint density at radius 3 is 1.91 bits per heavy atom. The van der Waals surface area contributed by atoms with Gasteiger partial charge in [0.05, 0.1) is 0 Å². The molecule has 0 radical (unpaired) electrons. The lowest BCUT2D eigenvalue weighted by Gasteiger charge is -2.25. The van der Waals surface area contributed by atoms with E-state index in [0.717, 1.165) is 57.7 Å². The van der Waals surface area contributed by atoms with E-state index in [1.807, 2.05) is 17.9 Å². The van der Waals surface area contributed by atoms with E-state index in [2.05, 4.69) is 42.6 Å². The third-order valence-corrected chi connectivity index (χ3v) is 3.63. The standard InChI is InChI=1S/C18H32N4O/c1-6-10-21(11-7-2)17-14-16(19-15(5)20-17)18(23)22(12-8-3)13-9-4/h14H,6-13H2,1-5H3. The molecule has 1 aromatic heterocycles. The predicted octanol–water partition coefficient (Wildman–Crippen LogP) is 3.67. The van der Waals surface area contributed by atoms with Gasteiger partial charge in [0.2, 0.25) is 0 Å². The van der Waals surface area contributed by atoms with Gasteiger partial charge >= 0.3 is 0 Å². The summed E-state index contributed by atoms with van der Waals surface area (Å²) in [6.45, 7) is 13.8. The van der Waals surface area contributed by atoms with E-state index in [0.29, 0.717) is 11.5 Å². The second kappa shape index (κ2) is 10.2. The van der Waals surface area contributed by atoms with Crippen molar-refractivity contribution in [1.29, 1.82) is 0 Å². The van der Waals surface area contributed by atoms with E-state index in [1.165, 1.54) is 0 Å². The van der Waals surface area contributed by atoms with E-state index in [1.54, 1.807) is 0 Å². The van der Waals surface area contributed by atoms with E-state index < -0.39 is 0 Å². The SMILES string of the molecule is CCCN(CCC)C(=O)c1cc(N(CCC)CCC)nc(C)n1. The van der Waals surface area contributed by atoms with Crippen molar-refractivity contribution in [1.82, 2.24) is 14.9 Å². The largest absolute Gasteiger partial charge is 0.357 e. The number of hydrogen-bond acceptors (Lipinski definition) is 4. The van der Waals surface area contributed by atoms with Crippen molar-refractivity contribution in [3.05, 3.63) is 17.6 Å². The Morgan fingerprint density at radius 2 is 1.43 bits per heavy atom. The van der Waals surface area contributed by atoms with Gasteiger partial charge in [-0.25, -0.2) is 9.97 Å². The third kappa shape index (κ3) is 5.81. The fraction of sp³-hybridized carbons (Fsp3) is 0.722. The molecule has 0 aromatic carbocycles. The molecule has 0 aliphatic heterocycles. The first-order chi connectivity index (χ1) is 11.1. The molecule has 0 fully saturated rings. The summed E-state index contributed by atoms with van der Waals surface area (Å²) in [6, 6.07) is 1.86. The summed E-state index contributed by atoms with van der Waals surface area (Å²) in [5.41, 5.74) is 0.520. The number of nitrogens with zero attached hydrogens (tertiary/aromatic N) is 4. The Kier molecular flexibility index (Phi) is 8.59. The van der Waals surface area contributed by atoms with Gasteiger partial charge in [-0.05, 0) is 32.6 Å². The molecule has 0 saturated carbocycles. The molecule has 5 heteroatoms. The van der Waals surface area contributed by atoms with Gasteiger partial charge in [0, 0.05) is 32.2 Å². The van der Waals surface area contributed by atoms with Crippen LogP contribution in [0, 0.1) is 6.92 Å². The van der Waals surface area contributed by atoms with Crippen LogP contribution in [0.25, 0.3) is 0 Å². The van der Waals surface area contributed by atoms with Crippen LogP contribution in [0.5, 0.6) is 0 Å². The quantitative estimate of drug-likeness (QED) is 0.660. The number of hydrogen-bond donors (Lipinski definition) is 0. The molecule has 0 bridgehead atoms. The number of rotatable bonds is 10. The molecule has 0 spiro atoms. The highest BCUT2D eigenvalue weighted by Gasteiger charge is 2.18. The molecule has 0 aliphatic carbocycles. The number of carbonyl (C=O) groups excluding carboxylic acids is 1. The summed E-state index contributed by atoms with van der Waals surface area (Å²) in [6.07, 6.45) is 4.04. The zero-order chi connectivity index (χ0) is 17.2. The van der Waals surface area contributed by atoms with Crippen molar-refractivity contribution in [3.63, 3.8) is 0 Å². The van der Waals surface area contributed by atoms with Gasteiger partial charge in [0.15, 0.2) is 0 Å². The molecule has 0 aliphatic rings. The maximum Gasteiger partial charge on any atom is 0.272 e. The molecule has 0 unspecified atom stereocenters. The molecule has 23 heavy (non-hydrogen) atoms. The highest BCUT2D eigenvalue weighted by molar-refractivity contribution is 5.93. The lowest BCUT2D eigenvalue weighted by molar-refractivity contribution is 0.0749. The Bertz CT molecular complexity index is 478. The molecule has 0 N–H and O–H groups in total. The van der Waals surface area contributed by atoms with E-state index in [4.69, 9.17) is 0 Å². The highest BCUT2D eigenvalue weighted by atomic mass is 16.2. The van der Waals surface area contributed by atoms with E-state index in [9.17, 15) is 4.79 Å². The topological polar surface area (TPSA) is 49.3 Å². The van der Waals surface area contributed by atoms with Gasteiger partial charge in [-0.1, -0.05) is 27.7 Å². The van der Waals surface area contributed by atoms with Crippen molar-refractivity contribution in [2.24, 2.45) is 0 Å². The number of amides is 1. The lowest BCUT2D eigenvalue weighted by atomic mass is 10.2. The van der Waals surface area contributed by atoms with Gasteiger partial charge in [-0.15, -0.1) is 0 Å². The minimum absolute atomic E-state index is 0.0217. The van der Waals surface area contributed by atoms with Gasteiger partial charge in [0.1, 0.15) is 17.3 Å². The first-order valence-corrected chi connectivity index (χ1v) is 8.97. The lowest BCUT2D eigenvalue weighted by Crippen LogP contribution is -2.34. The van der Waals surface area contributed by atoms with Crippen LogP contribution in [-0.4, -0.2) is 47.0 Å². The Balaban J connectivity index is 3.09. The maximum atomic E-state index is 12.8. The third-order valence-electron chi connectivity index (χ3n) is 3.63. The first kappa shape index (κ1) is 19.4. The van der Waals surface area contributed by atoms with E-state index >= 15 is 0 Å². The molecular formula is C18H32N4O. The number of carbonyl (C=O) groups is 1. The van der Waals surface area contributed by atoms with Crippen molar-refractivity contribution in [2.75, 3.05) is 31.1 Å².